The smallest absolute Gasteiger partial charge is 0.258 e. The number of para-hydroxylation sites is 1. The van der Waals surface area contributed by atoms with E-state index in [1.165, 1.54) is 0 Å². The second-order valence-corrected chi connectivity index (χ2v) is 6.67. The van der Waals surface area contributed by atoms with E-state index in [-0.39, 0.29) is 5.91 Å². The van der Waals surface area contributed by atoms with Gasteiger partial charge in [-0.25, -0.2) is 0 Å². The van der Waals surface area contributed by atoms with Gasteiger partial charge in [0, 0.05) is 41.9 Å². The molecule has 4 nitrogen and oxygen atoms in total. The van der Waals surface area contributed by atoms with Crippen LogP contribution >= 0.6 is 15.9 Å². The Balaban J connectivity index is 1.76. The first-order valence-corrected chi connectivity index (χ1v) is 8.96. The third kappa shape index (κ3) is 4.44. The number of hydrogen-bond acceptors (Lipinski definition) is 3. The fourth-order valence-electron chi connectivity index (χ4n) is 2.77. The molecule has 0 saturated carbocycles. The zero-order chi connectivity index (χ0) is 16.8. The summed E-state index contributed by atoms with van der Waals surface area (Å²) in [4.78, 5) is 17.2. The molecule has 0 bridgehead atoms. The lowest BCUT2D eigenvalue weighted by Crippen LogP contribution is -2.43. The quantitative estimate of drug-likeness (QED) is 0.786. The number of carbonyl (C=O) groups excluding carboxylic acids is 1. The third-order valence-corrected chi connectivity index (χ3v) is 4.68. The van der Waals surface area contributed by atoms with Crippen molar-refractivity contribution in [2.45, 2.75) is 0 Å². The number of benzene rings is 2. The van der Waals surface area contributed by atoms with Crippen LogP contribution in [-0.2, 0) is 4.74 Å². The summed E-state index contributed by atoms with van der Waals surface area (Å²) in [6, 6.07) is 17.4. The predicted molar refractivity (Wildman–Crippen MR) is 99.5 cm³/mol. The normalized spacial score (nSPS) is 15.2. The lowest BCUT2D eigenvalue weighted by atomic mass is 10.1. The molecule has 126 valence electrons. The number of amides is 1. The lowest BCUT2D eigenvalue weighted by molar-refractivity contribution is 0.0391. The van der Waals surface area contributed by atoms with E-state index in [1.807, 2.05) is 59.5 Å². The standard InChI is InChI=1S/C19H21BrN2O2/c20-17-8-6-16(7-9-17)19(23)22(18-4-2-1-3-5-18)11-10-21-12-14-24-15-13-21/h1-9H,10-15H2. The van der Waals surface area contributed by atoms with Crippen molar-refractivity contribution in [3.63, 3.8) is 0 Å². The van der Waals surface area contributed by atoms with Crippen LogP contribution in [-0.4, -0.2) is 50.2 Å². The SMILES string of the molecule is O=C(c1ccc(Br)cc1)N(CCN1CCOCC1)c1ccccc1. The number of ether oxygens (including phenoxy) is 1. The maximum atomic E-state index is 13.0. The van der Waals surface area contributed by atoms with Gasteiger partial charge in [-0.1, -0.05) is 34.1 Å². The van der Waals surface area contributed by atoms with Crippen molar-refractivity contribution in [3.8, 4) is 0 Å². The maximum Gasteiger partial charge on any atom is 0.258 e. The van der Waals surface area contributed by atoms with Crippen molar-refractivity contribution in [2.24, 2.45) is 0 Å². The highest BCUT2D eigenvalue weighted by Crippen LogP contribution is 2.18. The number of nitrogens with zero attached hydrogens (tertiary/aromatic N) is 2. The van der Waals surface area contributed by atoms with E-state index in [0.717, 1.165) is 43.0 Å². The molecule has 1 aliphatic rings. The summed E-state index contributed by atoms with van der Waals surface area (Å²) in [7, 11) is 0. The molecule has 0 atom stereocenters. The molecule has 1 fully saturated rings. The van der Waals surface area contributed by atoms with E-state index in [0.29, 0.717) is 12.1 Å². The molecule has 0 spiro atoms. The average molecular weight is 389 g/mol. The van der Waals surface area contributed by atoms with Crippen LogP contribution in [0.2, 0.25) is 0 Å². The maximum absolute atomic E-state index is 13.0. The monoisotopic (exact) mass is 388 g/mol. The molecule has 24 heavy (non-hydrogen) atoms. The molecule has 0 aliphatic carbocycles. The largest absolute Gasteiger partial charge is 0.379 e. The van der Waals surface area contributed by atoms with Crippen molar-refractivity contribution >= 4 is 27.5 Å². The number of anilines is 1. The van der Waals surface area contributed by atoms with Crippen LogP contribution in [0.25, 0.3) is 0 Å². The topological polar surface area (TPSA) is 32.8 Å². The zero-order valence-electron chi connectivity index (χ0n) is 13.5. The summed E-state index contributed by atoms with van der Waals surface area (Å²) in [5.74, 6) is 0.0296. The lowest BCUT2D eigenvalue weighted by Gasteiger charge is -2.30. The second kappa shape index (κ2) is 8.42. The van der Waals surface area contributed by atoms with Gasteiger partial charge in [0.2, 0.25) is 0 Å². The average Bonchev–Trinajstić information content (AvgIpc) is 2.64. The predicted octanol–water partition coefficient (Wildman–Crippen LogP) is 3.43. The molecule has 0 radical (unpaired) electrons. The Morgan fingerprint density at radius 3 is 2.38 bits per heavy atom. The molecule has 0 unspecified atom stereocenters. The van der Waals surface area contributed by atoms with E-state index >= 15 is 0 Å². The van der Waals surface area contributed by atoms with Crippen molar-refractivity contribution < 1.29 is 9.53 Å². The molecular formula is C19H21BrN2O2. The van der Waals surface area contributed by atoms with Crippen LogP contribution in [0.5, 0.6) is 0 Å². The van der Waals surface area contributed by atoms with E-state index in [9.17, 15) is 4.79 Å². The van der Waals surface area contributed by atoms with Crippen LogP contribution in [0.4, 0.5) is 5.69 Å². The zero-order valence-corrected chi connectivity index (χ0v) is 15.1. The van der Waals surface area contributed by atoms with Crippen LogP contribution in [0.15, 0.2) is 59.1 Å². The minimum Gasteiger partial charge on any atom is -0.379 e. The molecule has 5 heteroatoms. The third-order valence-electron chi connectivity index (χ3n) is 4.15. The highest BCUT2D eigenvalue weighted by Gasteiger charge is 2.19. The van der Waals surface area contributed by atoms with Gasteiger partial charge in [-0.05, 0) is 36.4 Å². The van der Waals surface area contributed by atoms with Gasteiger partial charge < -0.3 is 9.64 Å². The number of halogens is 1. The first-order valence-electron chi connectivity index (χ1n) is 8.16. The van der Waals surface area contributed by atoms with Gasteiger partial charge >= 0.3 is 0 Å². The van der Waals surface area contributed by atoms with Gasteiger partial charge in [0.25, 0.3) is 5.91 Å². The second-order valence-electron chi connectivity index (χ2n) is 5.75. The van der Waals surface area contributed by atoms with Crippen molar-refractivity contribution in [1.29, 1.82) is 0 Å². The number of hydrogen-bond donors (Lipinski definition) is 0. The van der Waals surface area contributed by atoms with Crippen molar-refractivity contribution in [3.05, 3.63) is 64.6 Å². The highest BCUT2D eigenvalue weighted by atomic mass is 79.9. The van der Waals surface area contributed by atoms with Crippen molar-refractivity contribution in [2.75, 3.05) is 44.3 Å². The molecular weight excluding hydrogens is 368 g/mol. The van der Waals surface area contributed by atoms with Gasteiger partial charge in [-0.3, -0.25) is 9.69 Å². The Labute approximate surface area is 151 Å². The van der Waals surface area contributed by atoms with Gasteiger partial charge in [0.1, 0.15) is 0 Å². The molecule has 2 aromatic carbocycles. The summed E-state index contributed by atoms with van der Waals surface area (Å²) >= 11 is 3.42. The number of carbonyl (C=O) groups is 1. The molecule has 1 saturated heterocycles. The van der Waals surface area contributed by atoms with E-state index < -0.39 is 0 Å². The number of morpholine rings is 1. The van der Waals surface area contributed by atoms with Crippen molar-refractivity contribution in [1.82, 2.24) is 4.90 Å². The Morgan fingerprint density at radius 1 is 1.04 bits per heavy atom. The fourth-order valence-corrected chi connectivity index (χ4v) is 3.03. The van der Waals surface area contributed by atoms with Gasteiger partial charge in [0.15, 0.2) is 0 Å². The Hall–Kier alpha value is -1.69. The van der Waals surface area contributed by atoms with E-state index in [2.05, 4.69) is 20.8 Å². The molecule has 1 heterocycles. The van der Waals surface area contributed by atoms with Crippen LogP contribution < -0.4 is 4.90 Å². The Morgan fingerprint density at radius 2 is 1.71 bits per heavy atom. The summed E-state index contributed by atoms with van der Waals surface area (Å²) in [6.45, 7) is 4.90. The molecule has 1 amide bonds. The molecule has 0 N–H and O–H groups in total. The minimum atomic E-state index is 0.0296. The van der Waals surface area contributed by atoms with Crippen LogP contribution in [0.1, 0.15) is 10.4 Å². The van der Waals surface area contributed by atoms with E-state index in [1.54, 1.807) is 0 Å². The highest BCUT2D eigenvalue weighted by molar-refractivity contribution is 9.10. The fraction of sp³-hybridized carbons (Fsp3) is 0.316. The molecule has 2 aromatic rings. The summed E-state index contributed by atoms with van der Waals surface area (Å²) < 4.78 is 6.36. The summed E-state index contributed by atoms with van der Waals surface area (Å²) in [5, 5.41) is 0. The molecule has 0 aromatic heterocycles. The summed E-state index contributed by atoms with van der Waals surface area (Å²) in [6.07, 6.45) is 0. The van der Waals surface area contributed by atoms with Gasteiger partial charge in [0.05, 0.1) is 13.2 Å². The molecule has 1 aliphatic heterocycles. The van der Waals surface area contributed by atoms with Crippen LogP contribution in [0.3, 0.4) is 0 Å². The first-order chi connectivity index (χ1) is 11.7. The number of rotatable bonds is 5. The van der Waals surface area contributed by atoms with Crippen LogP contribution in [0, 0.1) is 0 Å². The van der Waals surface area contributed by atoms with Gasteiger partial charge in [-0.2, -0.15) is 0 Å². The molecule has 3 rings (SSSR count). The first kappa shape index (κ1) is 17.1. The minimum absolute atomic E-state index is 0.0296. The Bertz CT molecular complexity index is 655. The Kier molecular flexibility index (Phi) is 6.01. The summed E-state index contributed by atoms with van der Waals surface area (Å²) in [5.41, 5.74) is 1.63. The van der Waals surface area contributed by atoms with E-state index in [4.69, 9.17) is 4.74 Å². The van der Waals surface area contributed by atoms with Gasteiger partial charge in [-0.15, -0.1) is 0 Å².